The van der Waals surface area contributed by atoms with Gasteiger partial charge in [0.15, 0.2) is 0 Å². The molecule has 1 aromatic rings. The molecule has 0 heterocycles. The van der Waals surface area contributed by atoms with E-state index in [4.69, 9.17) is 11.6 Å². The summed E-state index contributed by atoms with van der Waals surface area (Å²) in [5, 5.41) is 19.2. The molecule has 0 saturated carbocycles. The maximum absolute atomic E-state index is 11.5. The van der Waals surface area contributed by atoms with Gasteiger partial charge in [0.1, 0.15) is 0 Å². The second-order valence-electron chi connectivity index (χ2n) is 5.41. The molecule has 0 aliphatic carbocycles. The molecule has 0 fully saturated rings. The first-order valence-electron chi connectivity index (χ1n) is 6.16. The van der Waals surface area contributed by atoms with Crippen molar-refractivity contribution in [2.75, 3.05) is 6.61 Å². The molecular weight excluding hydrogens is 266 g/mol. The maximum atomic E-state index is 11.5. The minimum absolute atomic E-state index is 0.0863. The normalized spacial score (nSPS) is 13.1. The number of aliphatic hydroxyl groups excluding tert-OH is 1. The highest BCUT2D eigenvalue weighted by Crippen LogP contribution is 2.32. The zero-order valence-electron chi connectivity index (χ0n) is 11.4. The summed E-state index contributed by atoms with van der Waals surface area (Å²) >= 11 is 5.96. The molecular formula is C14H20ClNO3. The predicted molar refractivity (Wildman–Crippen MR) is 75.5 cm³/mol. The molecule has 0 radical (unpaired) electrons. The van der Waals surface area contributed by atoms with Crippen molar-refractivity contribution >= 4 is 17.7 Å². The van der Waals surface area contributed by atoms with Crippen LogP contribution in [0.5, 0.6) is 0 Å². The van der Waals surface area contributed by atoms with Gasteiger partial charge in [-0.2, -0.15) is 0 Å². The smallest absolute Gasteiger partial charge is 0.408 e. The first-order valence-corrected chi connectivity index (χ1v) is 6.53. The van der Waals surface area contributed by atoms with Crippen LogP contribution in [0.2, 0.25) is 5.02 Å². The summed E-state index contributed by atoms with van der Waals surface area (Å²) in [6.07, 6.45) is -0.671. The van der Waals surface area contributed by atoms with Gasteiger partial charge < -0.3 is 10.2 Å². The number of nitrogens with zero attached hydrogens (tertiary/aromatic N) is 1. The van der Waals surface area contributed by atoms with Gasteiger partial charge in [0.25, 0.3) is 0 Å². The van der Waals surface area contributed by atoms with Crippen molar-refractivity contribution in [3.05, 3.63) is 34.9 Å². The molecule has 4 nitrogen and oxygen atoms in total. The van der Waals surface area contributed by atoms with Gasteiger partial charge >= 0.3 is 6.09 Å². The number of amides is 1. The van der Waals surface area contributed by atoms with E-state index in [1.165, 1.54) is 4.90 Å². The minimum Gasteiger partial charge on any atom is -0.465 e. The van der Waals surface area contributed by atoms with Crippen molar-refractivity contribution in [2.24, 2.45) is 0 Å². The van der Waals surface area contributed by atoms with Crippen molar-refractivity contribution in [3.63, 3.8) is 0 Å². The van der Waals surface area contributed by atoms with Crippen LogP contribution in [0.3, 0.4) is 0 Å². The highest BCUT2D eigenvalue weighted by molar-refractivity contribution is 6.30. The lowest BCUT2D eigenvalue weighted by Gasteiger charge is -2.39. The third kappa shape index (κ3) is 4.11. The summed E-state index contributed by atoms with van der Waals surface area (Å²) < 4.78 is 0. The fraction of sp³-hybridized carbons (Fsp3) is 0.500. The third-order valence-electron chi connectivity index (χ3n) is 2.88. The number of aliphatic hydroxyl groups is 1. The van der Waals surface area contributed by atoms with Crippen molar-refractivity contribution in [2.45, 2.75) is 38.8 Å². The van der Waals surface area contributed by atoms with Crippen LogP contribution in [0.15, 0.2) is 24.3 Å². The van der Waals surface area contributed by atoms with E-state index in [9.17, 15) is 15.0 Å². The van der Waals surface area contributed by atoms with Crippen LogP contribution in [-0.2, 0) is 0 Å². The van der Waals surface area contributed by atoms with E-state index in [1.54, 1.807) is 18.2 Å². The van der Waals surface area contributed by atoms with Crippen LogP contribution < -0.4 is 0 Å². The van der Waals surface area contributed by atoms with Gasteiger partial charge in [0, 0.05) is 17.2 Å². The second-order valence-corrected chi connectivity index (χ2v) is 5.84. The van der Waals surface area contributed by atoms with Crippen LogP contribution in [0, 0.1) is 0 Å². The number of carboxylic acid groups (broad SMARTS) is 1. The van der Waals surface area contributed by atoms with Gasteiger partial charge in [-0.25, -0.2) is 4.79 Å². The van der Waals surface area contributed by atoms with Crippen molar-refractivity contribution in [1.29, 1.82) is 0 Å². The molecule has 19 heavy (non-hydrogen) atoms. The Bertz CT molecular complexity index is 443. The van der Waals surface area contributed by atoms with E-state index in [0.717, 1.165) is 5.56 Å². The molecule has 0 bridgehead atoms. The molecule has 0 aromatic heterocycles. The molecule has 1 amide bonds. The highest BCUT2D eigenvalue weighted by atomic mass is 35.5. The van der Waals surface area contributed by atoms with Gasteiger partial charge in [-0.15, -0.1) is 0 Å². The van der Waals surface area contributed by atoms with E-state index in [1.807, 2.05) is 26.8 Å². The monoisotopic (exact) mass is 285 g/mol. The number of carbonyl (C=O) groups is 1. The average Bonchev–Trinajstić information content (AvgIpc) is 2.26. The van der Waals surface area contributed by atoms with Crippen LogP contribution >= 0.6 is 11.6 Å². The standard InChI is InChI=1S/C14H20ClNO3/c1-14(2,3)16(13(18)19)12(7-8-17)10-5-4-6-11(15)9-10/h4-6,9,12,17H,7-8H2,1-3H3,(H,18,19). The Balaban J connectivity index is 3.21. The predicted octanol–water partition coefficient (Wildman–Crippen LogP) is 3.54. The first kappa shape index (κ1) is 15.8. The van der Waals surface area contributed by atoms with E-state index >= 15 is 0 Å². The number of benzene rings is 1. The van der Waals surface area contributed by atoms with E-state index in [2.05, 4.69) is 0 Å². The van der Waals surface area contributed by atoms with E-state index in [0.29, 0.717) is 11.4 Å². The van der Waals surface area contributed by atoms with Crippen LogP contribution in [-0.4, -0.2) is 33.4 Å². The number of hydrogen-bond donors (Lipinski definition) is 2. The number of halogens is 1. The van der Waals surface area contributed by atoms with Crippen molar-refractivity contribution < 1.29 is 15.0 Å². The Labute approximate surface area is 118 Å². The fourth-order valence-corrected chi connectivity index (χ4v) is 2.37. The highest BCUT2D eigenvalue weighted by Gasteiger charge is 2.33. The zero-order valence-corrected chi connectivity index (χ0v) is 12.2. The summed E-state index contributed by atoms with van der Waals surface area (Å²) in [7, 11) is 0. The molecule has 2 N–H and O–H groups in total. The lowest BCUT2D eigenvalue weighted by atomic mass is 9.96. The van der Waals surface area contributed by atoms with Gasteiger partial charge in [-0.3, -0.25) is 4.90 Å². The minimum atomic E-state index is -1.01. The molecule has 1 rings (SSSR count). The summed E-state index contributed by atoms with van der Waals surface area (Å²) in [6, 6.07) is 6.67. The van der Waals surface area contributed by atoms with Crippen LogP contribution in [0.25, 0.3) is 0 Å². The molecule has 106 valence electrons. The Morgan fingerprint density at radius 2 is 2.05 bits per heavy atom. The average molecular weight is 286 g/mol. The Hall–Kier alpha value is -1.26. The quantitative estimate of drug-likeness (QED) is 0.889. The zero-order chi connectivity index (χ0) is 14.6. The molecule has 0 saturated heterocycles. The lowest BCUT2D eigenvalue weighted by molar-refractivity contribution is 0.0602. The van der Waals surface area contributed by atoms with E-state index < -0.39 is 17.7 Å². The van der Waals surface area contributed by atoms with Crippen molar-refractivity contribution in [3.8, 4) is 0 Å². The van der Waals surface area contributed by atoms with Crippen LogP contribution in [0.4, 0.5) is 4.79 Å². The summed E-state index contributed by atoms with van der Waals surface area (Å²) in [5.74, 6) is 0. The Kier molecular flexibility index (Phi) is 5.20. The van der Waals surface area contributed by atoms with Gasteiger partial charge in [0.2, 0.25) is 0 Å². The molecule has 1 atom stereocenters. The molecule has 5 heteroatoms. The van der Waals surface area contributed by atoms with Gasteiger partial charge in [-0.1, -0.05) is 23.7 Å². The summed E-state index contributed by atoms with van der Waals surface area (Å²) in [5.41, 5.74) is 0.229. The first-order chi connectivity index (χ1) is 8.77. The third-order valence-corrected chi connectivity index (χ3v) is 3.11. The summed E-state index contributed by atoms with van der Waals surface area (Å²) in [6.45, 7) is 5.40. The molecule has 1 aromatic carbocycles. The largest absolute Gasteiger partial charge is 0.465 e. The SMILES string of the molecule is CC(C)(C)N(C(=O)O)C(CCO)c1cccc(Cl)c1. The van der Waals surface area contributed by atoms with E-state index in [-0.39, 0.29) is 6.61 Å². The fourth-order valence-electron chi connectivity index (χ4n) is 2.17. The molecule has 0 aliphatic rings. The maximum Gasteiger partial charge on any atom is 0.408 e. The second kappa shape index (κ2) is 6.26. The van der Waals surface area contributed by atoms with Gasteiger partial charge in [-0.05, 0) is 44.9 Å². The Morgan fingerprint density at radius 1 is 1.42 bits per heavy atom. The van der Waals surface area contributed by atoms with Crippen LogP contribution in [0.1, 0.15) is 38.8 Å². The molecule has 0 spiro atoms. The number of hydrogen-bond acceptors (Lipinski definition) is 2. The molecule has 0 aliphatic heterocycles. The van der Waals surface area contributed by atoms with Gasteiger partial charge in [0.05, 0.1) is 6.04 Å². The lowest BCUT2D eigenvalue weighted by Crippen LogP contribution is -2.47. The Morgan fingerprint density at radius 3 is 2.47 bits per heavy atom. The number of rotatable bonds is 4. The van der Waals surface area contributed by atoms with Crippen molar-refractivity contribution in [1.82, 2.24) is 4.90 Å². The molecule has 1 unspecified atom stereocenters. The summed E-state index contributed by atoms with van der Waals surface area (Å²) in [4.78, 5) is 12.9. The topological polar surface area (TPSA) is 60.8 Å².